The predicted molar refractivity (Wildman–Crippen MR) is 108 cm³/mol. The van der Waals surface area contributed by atoms with E-state index >= 15 is 0 Å². The van der Waals surface area contributed by atoms with Gasteiger partial charge in [-0.3, -0.25) is 9.59 Å². The molecule has 0 aliphatic rings. The van der Waals surface area contributed by atoms with Gasteiger partial charge in [0.15, 0.2) is 6.61 Å². The zero-order valence-corrected chi connectivity index (χ0v) is 16.8. The van der Waals surface area contributed by atoms with Gasteiger partial charge in [-0.25, -0.2) is 4.79 Å². The maximum Gasteiger partial charge on any atom is 0.341 e. The summed E-state index contributed by atoms with van der Waals surface area (Å²) in [6.07, 6.45) is 0. The topological polar surface area (TPSA) is 95.9 Å². The minimum atomic E-state index is -1.05. The van der Waals surface area contributed by atoms with Gasteiger partial charge in [0, 0.05) is 31.6 Å². The fraction of sp³-hybridized carbons (Fsp3) is 0.318. The second-order valence-corrected chi connectivity index (χ2v) is 7.06. The third-order valence-corrected chi connectivity index (χ3v) is 4.22. The Labute approximate surface area is 170 Å². The minimum absolute atomic E-state index is 0.0573. The second kappa shape index (κ2) is 10.3. The average molecular weight is 398 g/mol. The lowest BCUT2D eigenvalue weighted by Crippen LogP contribution is -2.30. The smallest absolute Gasteiger partial charge is 0.341 e. The van der Waals surface area contributed by atoms with Gasteiger partial charge in [0.2, 0.25) is 5.91 Å². The Morgan fingerprint density at radius 1 is 1.07 bits per heavy atom. The lowest BCUT2D eigenvalue weighted by molar-refractivity contribution is -0.139. The van der Waals surface area contributed by atoms with Gasteiger partial charge in [0.25, 0.3) is 5.91 Å². The maximum atomic E-state index is 12.4. The molecule has 7 heteroatoms. The quantitative estimate of drug-likeness (QED) is 0.677. The molecule has 2 N–H and O–H groups in total. The highest BCUT2D eigenvalue weighted by Crippen LogP contribution is 2.14. The fourth-order valence-corrected chi connectivity index (χ4v) is 2.73. The number of rotatable bonds is 9. The highest BCUT2D eigenvalue weighted by atomic mass is 16.5. The van der Waals surface area contributed by atoms with Crippen LogP contribution in [0, 0.1) is 5.92 Å². The number of hydrogen-bond donors (Lipinski definition) is 2. The molecule has 0 fully saturated rings. The molecule has 0 radical (unpaired) electrons. The molecule has 0 saturated carbocycles. The van der Waals surface area contributed by atoms with Crippen LogP contribution < -0.4 is 10.1 Å². The summed E-state index contributed by atoms with van der Waals surface area (Å²) >= 11 is 0. The summed E-state index contributed by atoms with van der Waals surface area (Å²) in [5, 5.41) is 11.5. The molecule has 0 atom stereocenters. The Hall–Kier alpha value is -3.35. The molecule has 154 valence electrons. The maximum absolute atomic E-state index is 12.4. The molecule has 0 saturated heterocycles. The number of carboxylic acid groups (broad SMARTS) is 1. The minimum Gasteiger partial charge on any atom is -0.482 e. The third kappa shape index (κ3) is 6.95. The van der Waals surface area contributed by atoms with Crippen LogP contribution in [0.4, 0.5) is 0 Å². The molecular weight excluding hydrogens is 372 g/mol. The summed E-state index contributed by atoms with van der Waals surface area (Å²) in [5.74, 6) is -0.824. The monoisotopic (exact) mass is 398 g/mol. The molecule has 0 aliphatic carbocycles. The molecule has 2 aromatic carbocycles. The standard InChI is InChI=1S/C22H26N2O5/c1-15(2)22(28)24(3)13-16-7-9-18(10-8-16)21(27)23-12-17-5-4-6-19(11-17)29-14-20(25)26/h4-11,15H,12-14H2,1-3H3,(H,23,27)(H,25,26). The first-order valence-corrected chi connectivity index (χ1v) is 9.32. The zero-order chi connectivity index (χ0) is 21.4. The average Bonchev–Trinajstić information content (AvgIpc) is 2.70. The first kappa shape index (κ1) is 21.9. The fourth-order valence-electron chi connectivity index (χ4n) is 2.73. The number of ether oxygens (including phenoxy) is 1. The number of nitrogens with one attached hydrogen (secondary N) is 1. The highest BCUT2D eigenvalue weighted by molar-refractivity contribution is 5.94. The van der Waals surface area contributed by atoms with Crippen LogP contribution in [0.15, 0.2) is 48.5 Å². The van der Waals surface area contributed by atoms with Gasteiger partial charge < -0.3 is 20.1 Å². The van der Waals surface area contributed by atoms with E-state index in [-0.39, 0.29) is 24.3 Å². The van der Waals surface area contributed by atoms with Gasteiger partial charge in [-0.05, 0) is 35.4 Å². The Kier molecular flexibility index (Phi) is 7.77. The molecule has 7 nitrogen and oxygen atoms in total. The van der Waals surface area contributed by atoms with Crippen molar-refractivity contribution < 1.29 is 24.2 Å². The van der Waals surface area contributed by atoms with E-state index in [9.17, 15) is 14.4 Å². The number of nitrogens with zero attached hydrogens (tertiary/aromatic N) is 1. The number of amides is 2. The van der Waals surface area contributed by atoms with Crippen molar-refractivity contribution in [3.05, 3.63) is 65.2 Å². The molecule has 0 heterocycles. The first-order valence-electron chi connectivity index (χ1n) is 9.32. The SMILES string of the molecule is CC(C)C(=O)N(C)Cc1ccc(C(=O)NCc2cccc(OCC(=O)O)c2)cc1. The number of aliphatic carboxylic acids is 1. The number of carbonyl (C=O) groups is 3. The number of carbonyl (C=O) groups excluding carboxylic acids is 2. The molecule has 29 heavy (non-hydrogen) atoms. The number of carboxylic acids is 1. The van der Waals surface area contributed by atoms with E-state index in [2.05, 4.69) is 5.32 Å². The van der Waals surface area contributed by atoms with Gasteiger partial charge in [-0.2, -0.15) is 0 Å². The molecule has 2 aromatic rings. The summed E-state index contributed by atoms with van der Waals surface area (Å²) in [6.45, 7) is 4.08. The van der Waals surface area contributed by atoms with Crippen molar-refractivity contribution in [1.29, 1.82) is 0 Å². The summed E-state index contributed by atoms with van der Waals surface area (Å²) in [4.78, 5) is 36.6. The van der Waals surface area contributed by atoms with Gasteiger partial charge in [0.1, 0.15) is 5.75 Å². The van der Waals surface area contributed by atoms with Crippen molar-refractivity contribution in [3.63, 3.8) is 0 Å². The Bertz CT molecular complexity index is 862. The largest absolute Gasteiger partial charge is 0.482 e. The Morgan fingerprint density at radius 2 is 1.76 bits per heavy atom. The summed E-state index contributed by atoms with van der Waals surface area (Å²) in [5.41, 5.74) is 2.26. The van der Waals surface area contributed by atoms with Crippen molar-refractivity contribution in [2.45, 2.75) is 26.9 Å². The molecule has 0 unspecified atom stereocenters. The van der Waals surface area contributed by atoms with Gasteiger partial charge in [-0.1, -0.05) is 38.1 Å². The molecule has 0 spiro atoms. The van der Waals surface area contributed by atoms with E-state index in [1.165, 1.54) is 0 Å². The van der Waals surface area contributed by atoms with Crippen LogP contribution in [-0.2, 0) is 22.7 Å². The summed E-state index contributed by atoms with van der Waals surface area (Å²) in [7, 11) is 1.76. The first-order chi connectivity index (χ1) is 13.8. The molecule has 2 rings (SSSR count). The van der Waals surface area contributed by atoms with Crippen LogP contribution in [0.25, 0.3) is 0 Å². The zero-order valence-electron chi connectivity index (χ0n) is 16.8. The number of benzene rings is 2. The van der Waals surface area contributed by atoms with Crippen LogP contribution in [0.1, 0.15) is 35.3 Å². The van der Waals surface area contributed by atoms with E-state index in [1.54, 1.807) is 42.3 Å². The van der Waals surface area contributed by atoms with Crippen molar-refractivity contribution in [2.75, 3.05) is 13.7 Å². The van der Waals surface area contributed by atoms with Crippen LogP contribution in [-0.4, -0.2) is 41.4 Å². The van der Waals surface area contributed by atoms with Crippen LogP contribution in [0.2, 0.25) is 0 Å². The van der Waals surface area contributed by atoms with Gasteiger partial charge in [0.05, 0.1) is 0 Å². The van der Waals surface area contributed by atoms with Crippen molar-refractivity contribution in [3.8, 4) is 5.75 Å². The van der Waals surface area contributed by atoms with E-state index in [4.69, 9.17) is 9.84 Å². The normalized spacial score (nSPS) is 10.5. The van der Waals surface area contributed by atoms with Crippen LogP contribution >= 0.6 is 0 Å². The molecule has 2 amide bonds. The molecule has 0 bridgehead atoms. The van der Waals surface area contributed by atoms with Crippen molar-refractivity contribution in [1.82, 2.24) is 10.2 Å². The molecule has 0 aliphatic heterocycles. The van der Waals surface area contributed by atoms with Crippen molar-refractivity contribution in [2.24, 2.45) is 5.92 Å². The lowest BCUT2D eigenvalue weighted by Gasteiger charge is -2.19. The summed E-state index contributed by atoms with van der Waals surface area (Å²) in [6, 6.07) is 14.0. The van der Waals surface area contributed by atoms with Crippen molar-refractivity contribution >= 4 is 17.8 Å². The summed E-state index contributed by atoms with van der Waals surface area (Å²) < 4.78 is 5.14. The lowest BCUT2D eigenvalue weighted by atomic mass is 10.1. The van der Waals surface area contributed by atoms with Gasteiger partial charge >= 0.3 is 5.97 Å². The molecule has 0 aromatic heterocycles. The Morgan fingerprint density at radius 3 is 2.38 bits per heavy atom. The third-order valence-electron chi connectivity index (χ3n) is 4.22. The van der Waals surface area contributed by atoms with Gasteiger partial charge in [-0.15, -0.1) is 0 Å². The van der Waals surface area contributed by atoms with E-state index in [1.807, 2.05) is 32.0 Å². The molecular formula is C22H26N2O5. The second-order valence-electron chi connectivity index (χ2n) is 7.06. The number of hydrogen-bond acceptors (Lipinski definition) is 4. The van der Waals surface area contributed by atoms with E-state index < -0.39 is 12.6 Å². The van der Waals surface area contributed by atoms with E-state index in [0.717, 1.165) is 11.1 Å². The Balaban J connectivity index is 1.90. The predicted octanol–water partition coefficient (Wildman–Crippen LogP) is 2.69. The van der Waals surface area contributed by atoms with E-state index in [0.29, 0.717) is 17.9 Å². The highest BCUT2D eigenvalue weighted by Gasteiger charge is 2.13. The van der Waals surface area contributed by atoms with Crippen LogP contribution in [0.3, 0.4) is 0 Å². The van der Waals surface area contributed by atoms with Crippen LogP contribution in [0.5, 0.6) is 5.75 Å².